The molecule has 1 aromatic carbocycles. The van der Waals surface area contributed by atoms with Gasteiger partial charge in [-0.05, 0) is 22.8 Å². The molecule has 2 aromatic rings. The highest BCUT2D eigenvalue weighted by Gasteiger charge is 1.93. The predicted octanol–water partition coefficient (Wildman–Crippen LogP) is 2.62. The fraction of sp³-hybridized carbons (Fsp3) is 0. The smallest absolute Gasteiger partial charge is 0.0596 e. The van der Waals surface area contributed by atoms with E-state index in [1.165, 1.54) is 0 Å². The molecule has 1 heterocycles. The first kappa shape index (κ1) is 10.1. The van der Waals surface area contributed by atoms with Crippen LogP contribution in [-0.4, -0.2) is 6.21 Å². The second-order valence-electron chi connectivity index (χ2n) is 3.05. The van der Waals surface area contributed by atoms with Crippen molar-refractivity contribution in [2.45, 2.75) is 0 Å². The molecule has 0 spiro atoms. The summed E-state index contributed by atoms with van der Waals surface area (Å²) in [4.78, 5) is 0. The average molecular weight is 262 g/mol. The molecule has 0 unspecified atom stereocenters. The van der Waals surface area contributed by atoms with Gasteiger partial charge in [-0.15, -0.1) is 0 Å². The number of halogens is 1. The summed E-state index contributed by atoms with van der Waals surface area (Å²) in [6.45, 7) is 0. The van der Waals surface area contributed by atoms with Gasteiger partial charge in [0.15, 0.2) is 0 Å². The van der Waals surface area contributed by atoms with Gasteiger partial charge in [0.1, 0.15) is 6.21 Å². The van der Waals surface area contributed by atoms with Crippen molar-refractivity contribution in [3.05, 3.63) is 64.9 Å². The van der Waals surface area contributed by atoms with Crippen LogP contribution < -0.4 is 4.68 Å². The Bertz CT molecular complexity index is 449. The van der Waals surface area contributed by atoms with E-state index >= 15 is 0 Å². The standard InChI is InChI=1S/C12H10BrN2/c13-12-6-4-11(5-7-12)10-14-15-8-2-1-3-9-15/h1-10H/q+1/b14-10+. The third-order valence-electron chi connectivity index (χ3n) is 1.91. The minimum Gasteiger partial charge on any atom is -0.0596 e. The van der Waals surface area contributed by atoms with Crippen molar-refractivity contribution in [3.63, 3.8) is 0 Å². The first-order chi connectivity index (χ1) is 7.34. The molecule has 0 aliphatic rings. The minimum atomic E-state index is 1.08. The maximum absolute atomic E-state index is 4.28. The molecule has 0 aliphatic heterocycles. The zero-order valence-corrected chi connectivity index (χ0v) is 9.63. The Labute approximate surface area is 97.0 Å². The molecule has 1 aromatic heterocycles. The van der Waals surface area contributed by atoms with Crippen molar-refractivity contribution in [2.24, 2.45) is 5.10 Å². The molecule has 0 saturated carbocycles. The molecule has 0 aliphatic carbocycles. The number of benzene rings is 1. The molecule has 0 atom stereocenters. The van der Waals surface area contributed by atoms with Crippen LogP contribution in [0.25, 0.3) is 0 Å². The topological polar surface area (TPSA) is 16.2 Å². The summed E-state index contributed by atoms with van der Waals surface area (Å²) in [6.07, 6.45) is 5.62. The molecule has 0 N–H and O–H groups in total. The second-order valence-corrected chi connectivity index (χ2v) is 3.97. The first-order valence-electron chi connectivity index (χ1n) is 4.61. The highest BCUT2D eigenvalue weighted by atomic mass is 79.9. The molecular weight excluding hydrogens is 252 g/mol. The van der Waals surface area contributed by atoms with E-state index < -0.39 is 0 Å². The molecule has 74 valence electrons. The van der Waals surface area contributed by atoms with Crippen molar-refractivity contribution >= 4 is 22.1 Å². The summed E-state index contributed by atoms with van der Waals surface area (Å²) >= 11 is 3.39. The normalized spacial score (nSPS) is 10.7. The molecular formula is C12H10BrN2+. The maximum Gasteiger partial charge on any atom is 0.202 e. The Morgan fingerprint density at radius 3 is 2.33 bits per heavy atom. The Morgan fingerprint density at radius 1 is 1.00 bits per heavy atom. The summed E-state index contributed by atoms with van der Waals surface area (Å²) in [5.41, 5.74) is 1.08. The summed E-state index contributed by atoms with van der Waals surface area (Å²) in [5, 5.41) is 4.28. The van der Waals surface area contributed by atoms with E-state index in [-0.39, 0.29) is 0 Å². The predicted molar refractivity (Wildman–Crippen MR) is 63.8 cm³/mol. The van der Waals surface area contributed by atoms with E-state index in [9.17, 15) is 0 Å². The lowest BCUT2D eigenvalue weighted by Gasteiger charge is -1.90. The van der Waals surface area contributed by atoms with Crippen LogP contribution in [0, 0.1) is 0 Å². The lowest BCUT2D eigenvalue weighted by molar-refractivity contribution is -0.678. The zero-order chi connectivity index (χ0) is 10.5. The van der Waals surface area contributed by atoms with Crippen LogP contribution in [0.2, 0.25) is 0 Å². The molecule has 0 radical (unpaired) electrons. The fourth-order valence-electron chi connectivity index (χ4n) is 1.15. The molecule has 0 fully saturated rings. The number of nitrogens with zero attached hydrogens (tertiary/aromatic N) is 2. The Morgan fingerprint density at radius 2 is 1.67 bits per heavy atom. The first-order valence-corrected chi connectivity index (χ1v) is 5.40. The van der Waals surface area contributed by atoms with Crippen molar-refractivity contribution in [3.8, 4) is 0 Å². The second kappa shape index (κ2) is 4.84. The molecule has 3 heteroatoms. The van der Waals surface area contributed by atoms with Gasteiger partial charge in [-0.1, -0.05) is 38.8 Å². The van der Waals surface area contributed by atoms with E-state index in [4.69, 9.17) is 0 Å². The van der Waals surface area contributed by atoms with Crippen molar-refractivity contribution in [1.29, 1.82) is 0 Å². The van der Waals surface area contributed by atoms with Crippen LogP contribution in [0.1, 0.15) is 5.56 Å². The van der Waals surface area contributed by atoms with Crippen LogP contribution in [0.5, 0.6) is 0 Å². The molecule has 0 bridgehead atoms. The molecule has 15 heavy (non-hydrogen) atoms. The van der Waals surface area contributed by atoms with E-state index in [1.54, 1.807) is 4.68 Å². The van der Waals surface area contributed by atoms with Crippen molar-refractivity contribution in [2.75, 3.05) is 0 Å². The van der Waals surface area contributed by atoms with Crippen LogP contribution in [-0.2, 0) is 0 Å². The van der Waals surface area contributed by atoms with Crippen LogP contribution in [0.4, 0.5) is 0 Å². The molecule has 0 amide bonds. The monoisotopic (exact) mass is 261 g/mol. The number of hydrogen-bond acceptors (Lipinski definition) is 1. The van der Waals surface area contributed by atoms with Gasteiger partial charge in [-0.3, -0.25) is 0 Å². The minimum absolute atomic E-state index is 1.08. The number of hydrogen-bond donors (Lipinski definition) is 0. The molecule has 0 saturated heterocycles. The van der Waals surface area contributed by atoms with Gasteiger partial charge in [0.25, 0.3) is 0 Å². The third kappa shape index (κ3) is 2.99. The van der Waals surface area contributed by atoms with Gasteiger partial charge in [0, 0.05) is 16.6 Å². The highest BCUT2D eigenvalue weighted by Crippen LogP contribution is 2.08. The van der Waals surface area contributed by atoms with Crippen LogP contribution in [0.3, 0.4) is 0 Å². The Hall–Kier alpha value is -1.48. The van der Waals surface area contributed by atoms with E-state index in [2.05, 4.69) is 21.0 Å². The van der Waals surface area contributed by atoms with E-state index in [1.807, 2.05) is 61.1 Å². The van der Waals surface area contributed by atoms with Crippen molar-refractivity contribution in [1.82, 2.24) is 0 Å². The lowest BCUT2D eigenvalue weighted by atomic mass is 10.2. The van der Waals surface area contributed by atoms with E-state index in [0.717, 1.165) is 10.0 Å². The third-order valence-corrected chi connectivity index (χ3v) is 2.44. The quantitative estimate of drug-likeness (QED) is 0.584. The lowest BCUT2D eigenvalue weighted by Crippen LogP contribution is -2.25. The number of aromatic nitrogens is 1. The van der Waals surface area contributed by atoms with E-state index in [0.29, 0.717) is 0 Å². The van der Waals surface area contributed by atoms with Crippen molar-refractivity contribution < 1.29 is 4.68 Å². The Kier molecular flexibility index (Phi) is 3.25. The van der Waals surface area contributed by atoms with Crippen LogP contribution >= 0.6 is 15.9 Å². The van der Waals surface area contributed by atoms with Gasteiger partial charge >= 0.3 is 0 Å². The summed E-state index contributed by atoms with van der Waals surface area (Å²) in [7, 11) is 0. The molecule has 2 rings (SSSR count). The Balaban J connectivity index is 2.15. The van der Waals surface area contributed by atoms with Gasteiger partial charge in [0.2, 0.25) is 12.4 Å². The number of rotatable bonds is 2. The SMILES string of the molecule is Brc1ccc(/C=N/[n+]2ccccc2)cc1. The van der Waals surface area contributed by atoms with Crippen LogP contribution in [0.15, 0.2) is 64.4 Å². The van der Waals surface area contributed by atoms with Gasteiger partial charge in [-0.2, -0.15) is 0 Å². The zero-order valence-electron chi connectivity index (χ0n) is 8.05. The summed E-state index contributed by atoms with van der Waals surface area (Å²) < 4.78 is 2.84. The maximum atomic E-state index is 4.28. The largest absolute Gasteiger partial charge is 0.202 e. The highest BCUT2D eigenvalue weighted by molar-refractivity contribution is 9.10. The molecule has 2 nitrogen and oxygen atoms in total. The summed E-state index contributed by atoms with van der Waals surface area (Å²) in [5.74, 6) is 0. The van der Waals surface area contributed by atoms with Gasteiger partial charge < -0.3 is 0 Å². The summed E-state index contributed by atoms with van der Waals surface area (Å²) in [6, 6.07) is 13.9. The fourth-order valence-corrected chi connectivity index (χ4v) is 1.41. The average Bonchev–Trinajstić information content (AvgIpc) is 2.30. The number of pyridine rings is 1. The van der Waals surface area contributed by atoms with Gasteiger partial charge in [0.05, 0.1) is 0 Å². The van der Waals surface area contributed by atoms with Gasteiger partial charge in [-0.25, -0.2) is 0 Å².